The Morgan fingerprint density at radius 2 is 2.06 bits per heavy atom. The smallest absolute Gasteiger partial charge is 0.460 e. The van der Waals surface area contributed by atoms with Crippen molar-refractivity contribution in [2.24, 2.45) is 5.92 Å². The lowest BCUT2D eigenvalue weighted by Crippen LogP contribution is -2.44. The van der Waals surface area contributed by atoms with Gasteiger partial charge >= 0.3 is 17.4 Å². The fourth-order valence-electron chi connectivity index (χ4n) is 3.39. The molecule has 1 N–H and O–H groups in total. The maximum atomic E-state index is 12.6. The summed E-state index contributed by atoms with van der Waals surface area (Å²) in [4.78, 5) is 26.6. The number of carbonyl (C=O) groups excluding carboxylic acids is 2. The average molecular weight is 524 g/mol. The van der Waals surface area contributed by atoms with Gasteiger partial charge in [0.15, 0.2) is 5.52 Å². The Morgan fingerprint density at radius 3 is 2.76 bits per heavy atom. The first-order valence-electron chi connectivity index (χ1n) is 10.5. The van der Waals surface area contributed by atoms with Crippen molar-refractivity contribution >= 4 is 44.8 Å². The minimum Gasteiger partial charge on any atom is -0.739 e. The Kier molecular flexibility index (Phi) is 8.03. The van der Waals surface area contributed by atoms with Gasteiger partial charge in [0.25, 0.3) is 5.91 Å². The van der Waals surface area contributed by atoms with Crippen molar-refractivity contribution in [1.29, 1.82) is 0 Å². The Morgan fingerprint density at radius 1 is 1.30 bits per heavy atom. The van der Waals surface area contributed by atoms with E-state index in [2.05, 4.69) is 26.3 Å². The Labute approximate surface area is 199 Å². The lowest BCUT2D eigenvalue weighted by atomic mass is 10.1. The monoisotopic (exact) mass is 523 g/mol. The second-order valence-electron chi connectivity index (χ2n) is 8.01. The minimum atomic E-state index is -0.543. The molecule has 3 rings (SSSR count). The predicted octanol–water partition coefficient (Wildman–Crippen LogP) is 1.74. The minimum absolute atomic E-state index is 0.0339. The molecule has 0 saturated carbocycles. The SMILES string of the molecule is COC(CC(C)C)C(=O)N1C=C(OC(=O)CCNc2n[n+]([O-])c3cc(Br)ccc3[n+]2[O-])CC1. The van der Waals surface area contributed by atoms with Crippen LogP contribution >= 0.6 is 15.9 Å². The van der Waals surface area contributed by atoms with Gasteiger partial charge in [0, 0.05) is 41.7 Å². The van der Waals surface area contributed by atoms with E-state index in [9.17, 15) is 20.0 Å². The number of ether oxygens (including phenoxy) is 2. The quantitative estimate of drug-likeness (QED) is 0.298. The third-order valence-electron chi connectivity index (χ3n) is 5.02. The molecule has 0 radical (unpaired) electrons. The van der Waals surface area contributed by atoms with Crippen molar-refractivity contribution in [3.05, 3.63) is 45.0 Å². The van der Waals surface area contributed by atoms with Crippen molar-refractivity contribution in [2.45, 2.75) is 39.2 Å². The zero-order valence-electron chi connectivity index (χ0n) is 18.6. The van der Waals surface area contributed by atoms with E-state index in [0.29, 0.717) is 45.1 Å². The largest absolute Gasteiger partial charge is 0.739 e. The molecule has 11 nitrogen and oxygen atoms in total. The summed E-state index contributed by atoms with van der Waals surface area (Å²) in [6.07, 6.45) is 1.93. The summed E-state index contributed by atoms with van der Waals surface area (Å²) in [5.74, 6) is -0.234. The van der Waals surface area contributed by atoms with Crippen molar-refractivity contribution in [3.63, 3.8) is 0 Å². The Balaban J connectivity index is 1.54. The number of nitrogens with zero attached hydrogens (tertiary/aromatic N) is 4. The van der Waals surface area contributed by atoms with Crippen LogP contribution in [0.4, 0.5) is 5.95 Å². The maximum Gasteiger partial charge on any atom is 0.460 e. The predicted molar refractivity (Wildman–Crippen MR) is 121 cm³/mol. The van der Waals surface area contributed by atoms with Crippen molar-refractivity contribution in [2.75, 3.05) is 25.5 Å². The van der Waals surface area contributed by atoms with E-state index in [4.69, 9.17) is 9.47 Å². The van der Waals surface area contributed by atoms with E-state index in [1.165, 1.54) is 30.3 Å². The van der Waals surface area contributed by atoms with E-state index in [0.717, 1.165) is 0 Å². The van der Waals surface area contributed by atoms with Crippen LogP contribution in [-0.4, -0.2) is 48.2 Å². The number of hydrogen-bond donors (Lipinski definition) is 1. The molecule has 1 aromatic heterocycles. The van der Waals surface area contributed by atoms with Gasteiger partial charge in [0.2, 0.25) is 5.10 Å². The van der Waals surface area contributed by atoms with Gasteiger partial charge in [0.05, 0.1) is 13.0 Å². The third-order valence-corrected chi connectivity index (χ3v) is 5.52. The van der Waals surface area contributed by atoms with Crippen molar-refractivity contribution in [1.82, 2.24) is 10.00 Å². The molecule has 1 amide bonds. The van der Waals surface area contributed by atoms with Crippen LogP contribution in [0.15, 0.2) is 34.6 Å². The van der Waals surface area contributed by atoms with Crippen LogP contribution in [0.5, 0.6) is 0 Å². The molecule has 0 aliphatic carbocycles. The van der Waals surface area contributed by atoms with Gasteiger partial charge in [-0.2, -0.15) is 0 Å². The van der Waals surface area contributed by atoms with Crippen LogP contribution in [0, 0.1) is 16.3 Å². The highest BCUT2D eigenvalue weighted by molar-refractivity contribution is 9.10. The van der Waals surface area contributed by atoms with E-state index in [-0.39, 0.29) is 35.9 Å². The Hall–Kier alpha value is -2.99. The van der Waals surface area contributed by atoms with Crippen LogP contribution < -0.4 is 14.9 Å². The second kappa shape index (κ2) is 10.8. The van der Waals surface area contributed by atoms with Crippen LogP contribution in [0.1, 0.15) is 33.1 Å². The molecule has 0 fully saturated rings. The molecule has 1 unspecified atom stereocenters. The van der Waals surface area contributed by atoms with Gasteiger partial charge in [0.1, 0.15) is 11.9 Å². The van der Waals surface area contributed by atoms with Gasteiger partial charge in [-0.25, -0.2) is 4.73 Å². The number of fused-ring (bicyclic) bond motifs is 1. The lowest BCUT2D eigenvalue weighted by molar-refractivity contribution is -0.672. The van der Waals surface area contributed by atoms with Gasteiger partial charge in [-0.1, -0.05) is 29.8 Å². The number of carbonyl (C=O) groups is 2. The molecule has 0 bridgehead atoms. The van der Waals surface area contributed by atoms with Crippen LogP contribution in [0.3, 0.4) is 0 Å². The maximum absolute atomic E-state index is 12.6. The number of nitrogens with one attached hydrogen (secondary N) is 1. The van der Waals surface area contributed by atoms with Gasteiger partial charge in [-0.3, -0.25) is 14.9 Å². The van der Waals surface area contributed by atoms with Crippen LogP contribution in [0.2, 0.25) is 0 Å². The van der Waals surface area contributed by atoms with E-state index < -0.39 is 12.1 Å². The highest BCUT2D eigenvalue weighted by Crippen LogP contribution is 2.20. The first kappa shape index (κ1) is 24.6. The molecule has 1 aliphatic heterocycles. The second-order valence-corrected chi connectivity index (χ2v) is 8.92. The molecule has 0 spiro atoms. The fourth-order valence-corrected chi connectivity index (χ4v) is 3.74. The number of benzene rings is 1. The summed E-state index contributed by atoms with van der Waals surface area (Å²) in [5, 5.41) is 30.9. The highest BCUT2D eigenvalue weighted by atomic mass is 79.9. The van der Waals surface area contributed by atoms with E-state index in [1.807, 2.05) is 13.8 Å². The summed E-state index contributed by atoms with van der Waals surface area (Å²) >= 11 is 3.24. The lowest BCUT2D eigenvalue weighted by Gasteiger charge is -2.21. The first-order valence-corrected chi connectivity index (χ1v) is 11.3. The number of halogens is 1. The molecule has 1 atom stereocenters. The number of anilines is 1. The summed E-state index contributed by atoms with van der Waals surface area (Å²) in [6.45, 7) is 4.47. The van der Waals surface area contributed by atoms with Crippen molar-refractivity contribution < 1.29 is 28.6 Å². The highest BCUT2D eigenvalue weighted by Gasteiger charge is 2.28. The summed E-state index contributed by atoms with van der Waals surface area (Å²) in [5.41, 5.74) is 0.252. The molecule has 1 aliphatic rings. The number of amides is 1. The van der Waals surface area contributed by atoms with Gasteiger partial charge in [-0.05, 0) is 24.5 Å². The van der Waals surface area contributed by atoms with Crippen LogP contribution in [0.25, 0.3) is 11.0 Å². The third kappa shape index (κ3) is 6.08. The molecule has 178 valence electrons. The number of rotatable bonds is 9. The van der Waals surface area contributed by atoms with Crippen molar-refractivity contribution in [3.8, 4) is 0 Å². The zero-order chi connectivity index (χ0) is 24.1. The van der Waals surface area contributed by atoms with Gasteiger partial charge < -0.3 is 24.8 Å². The summed E-state index contributed by atoms with van der Waals surface area (Å²) in [6, 6.07) is 4.63. The molecular weight excluding hydrogens is 498 g/mol. The number of aromatic nitrogens is 3. The molecule has 1 aromatic carbocycles. The Bertz CT molecular complexity index is 1080. The molecule has 2 heterocycles. The standard InChI is InChI=1S/C21H26BrN5O6/c1-13(2)10-18(32-3)20(29)25-9-7-15(12-25)33-19(28)6-8-23-21-24-27(31)17-11-14(22)4-5-16(17)26(21)30/h4-5,11-13,18H,6-10H2,1-3H3,(H,23,24). The van der Waals surface area contributed by atoms with Crippen LogP contribution in [-0.2, 0) is 19.1 Å². The molecule has 33 heavy (non-hydrogen) atoms. The summed E-state index contributed by atoms with van der Waals surface area (Å²) in [7, 11) is 1.50. The van der Waals surface area contributed by atoms with Gasteiger partial charge in [-0.15, -0.1) is 0 Å². The molecule has 2 aromatic rings. The topological polar surface area (TPSA) is 135 Å². The first-order chi connectivity index (χ1) is 15.7. The number of methoxy groups -OCH3 is 1. The zero-order valence-corrected chi connectivity index (χ0v) is 20.2. The number of esters is 1. The molecule has 0 saturated heterocycles. The normalized spacial score (nSPS) is 14.5. The fraction of sp³-hybridized carbons (Fsp3) is 0.476. The van der Waals surface area contributed by atoms with E-state index >= 15 is 0 Å². The average Bonchev–Trinajstić information content (AvgIpc) is 3.23. The molecular formula is C21H26BrN5O6. The summed E-state index contributed by atoms with van der Waals surface area (Å²) < 4.78 is 11.8. The van der Waals surface area contributed by atoms with E-state index in [1.54, 1.807) is 6.07 Å². The number of hydrogen-bond acceptors (Lipinski definition) is 8. The molecule has 12 heteroatoms.